The first-order chi connectivity index (χ1) is 12.7. The van der Waals surface area contributed by atoms with Gasteiger partial charge in [-0.1, -0.05) is 31.4 Å². The number of carboxylic acids is 1. The Hall–Kier alpha value is -2.33. The summed E-state index contributed by atoms with van der Waals surface area (Å²) in [6, 6.07) is 16.7. The summed E-state index contributed by atoms with van der Waals surface area (Å²) in [7, 11) is 0. The Morgan fingerprint density at radius 2 is 1.92 bits per heavy atom. The second-order valence-corrected chi connectivity index (χ2v) is 8.02. The van der Waals surface area contributed by atoms with Gasteiger partial charge in [0.2, 0.25) is 0 Å². The Kier molecular flexibility index (Phi) is 4.93. The predicted octanol–water partition coefficient (Wildman–Crippen LogP) is 5.94. The maximum Gasteiger partial charge on any atom is 0.335 e. The maximum absolute atomic E-state index is 11.3. The van der Waals surface area contributed by atoms with Crippen LogP contribution in [0.1, 0.15) is 48.0 Å². The zero-order valence-electron chi connectivity index (χ0n) is 14.7. The van der Waals surface area contributed by atoms with E-state index in [0.717, 1.165) is 12.1 Å². The molecule has 0 saturated heterocycles. The van der Waals surface area contributed by atoms with Gasteiger partial charge in [0, 0.05) is 23.0 Å². The SMILES string of the molecule is O=C(O)c1cccc(CN(c2ccc3sccc3c2)C2CCCCC2)c1. The molecule has 134 valence electrons. The molecule has 0 radical (unpaired) electrons. The number of nitrogens with zero attached hydrogens (tertiary/aromatic N) is 1. The Morgan fingerprint density at radius 3 is 2.73 bits per heavy atom. The van der Waals surface area contributed by atoms with Gasteiger partial charge in [0.05, 0.1) is 5.56 Å². The fourth-order valence-corrected chi connectivity index (χ4v) is 4.73. The summed E-state index contributed by atoms with van der Waals surface area (Å²) >= 11 is 1.77. The van der Waals surface area contributed by atoms with Crippen LogP contribution in [0.2, 0.25) is 0 Å². The van der Waals surface area contributed by atoms with Crippen molar-refractivity contribution in [1.82, 2.24) is 0 Å². The number of hydrogen-bond acceptors (Lipinski definition) is 3. The molecule has 1 aliphatic carbocycles. The molecule has 0 spiro atoms. The van der Waals surface area contributed by atoms with E-state index in [4.69, 9.17) is 0 Å². The van der Waals surface area contributed by atoms with Crippen molar-refractivity contribution in [2.75, 3.05) is 4.90 Å². The molecule has 1 fully saturated rings. The number of anilines is 1. The first kappa shape index (κ1) is 17.1. The van der Waals surface area contributed by atoms with Crippen molar-refractivity contribution in [3.8, 4) is 0 Å². The summed E-state index contributed by atoms with van der Waals surface area (Å²) in [6.07, 6.45) is 6.29. The summed E-state index contributed by atoms with van der Waals surface area (Å²) in [6.45, 7) is 0.751. The normalized spacial score (nSPS) is 15.2. The van der Waals surface area contributed by atoms with Crippen molar-refractivity contribution in [3.63, 3.8) is 0 Å². The first-order valence-corrected chi connectivity index (χ1v) is 10.1. The van der Waals surface area contributed by atoms with Crippen LogP contribution in [0.5, 0.6) is 0 Å². The monoisotopic (exact) mass is 365 g/mol. The molecule has 4 heteroatoms. The minimum absolute atomic E-state index is 0.361. The molecule has 1 N–H and O–H groups in total. The molecule has 1 aromatic heterocycles. The Bertz CT molecular complexity index is 911. The van der Waals surface area contributed by atoms with Gasteiger partial charge in [0.15, 0.2) is 0 Å². The van der Waals surface area contributed by atoms with Gasteiger partial charge in [-0.3, -0.25) is 0 Å². The molecule has 0 atom stereocenters. The Balaban J connectivity index is 1.68. The molecular weight excluding hydrogens is 342 g/mol. The summed E-state index contributed by atoms with van der Waals surface area (Å²) < 4.78 is 1.31. The fourth-order valence-electron chi connectivity index (χ4n) is 3.96. The van der Waals surface area contributed by atoms with Crippen molar-refractivity contribution in [2.45, 2.75) is 44.7 Å². The first-order valence-electron chi connectivity index (χ1n) is 9.27. The van der Waals surface area contributed by atoms with E-state index in [1.807, 2.05) is 12.1 Å². The molecule has 0 unspecified atom stereocenters. The highest BCUT2D eigenvalue weighted by molar-refractivity contribution is 7.17. The zero-order valence-corrected chi connectivity index (χ0v) is 15.5. The number of fused-ring (bicyclic) bond motifs is 1. The number of hydrogen-bond donors (Lipinski definition) is 1. The number of thiophene rings is 1. The number of benzene rings is 2. The van der Waals surface area contributed by atoms with Gasteiger partial charge in [0.1, 0.15) is 0 Å². The van der Waals surface area contributed by atoms with E-state index in [9.17, 15) is 9.90 Å². The van der Waals surface area contributed by atoms with Gasteiger partial charge in [-0.2, -0.15) is 0 Å². The molecule has 1 saturated carbocycles. The van der Waals surface area contributed by atoms with Crippen LogP contribution < -0.4 is 4.90 Å². The van der Waals surface area contributed by atoms with E-state index < -0.39 is 5.97 Å². The van der Waals surface area contributed by atoms with Crippen molar-refractivity contribution >= 4 is 33.1 Å². The molecule has 4 rings (SSSR count). The quantitative estimate of drug-likeness (QED) is 0.608. The van der Waals surface area contributed by atoms with Gasteiger partial charge in [-0.15, -0.1) is 11.3 Å². The van der Waals surface area contributed by atoms with Crippen LogP contribution in [-0.2, 0) is 6.54 Å². The van der Waals surface area contributed by atoms with Crippen LogP contribution in [0.15, 0.2) is 53.9 Å². The summed E-state index contributed by atoms with van der Waals surface area (Å²) in [4.78, 5) is 13.8. The third kappa shape index (κ3) is 3.61. The van der Waals surface area contributed by atoms with Gasteiger partial charge in [-0.25, -0.2) is 4.79 Å². The fraction of sp³-hybridized carbons (Fsp3) is 0.318. The number of rotatable bonds is 5. The molecule has 26 heavy (non-hydrogen) atoms. The minimum Gasteiger partial charge on any atom is -0.478 e. The van der Waals surface area contributed by atoms with Crippen molar-refractivity contribution in [2.24, 2.45) is 0 Å². The van der Waals surface area contributed by atoms with Crippen molar-refractivity contribution in [1.29, 1.82) is 0 Å². The molecule has 0 amide bonds. The van der Waals surface area contributed by atoms with E-state index in [1.54, 1.807) is 23.5 Å². The third-order valence-electron chi connectivity index (χ3n) is 5.31. The Labute approximate surface area is 157 Å². The van der Waals surface area contributed by atoms with Crippen LogP contribution in [0, 0.1) is 0 Å². The highest BCUT2D eigenvalue weighted by Gasteiger charge is 2.22. The number of carboxylic acid groups (broad SMARTS) is 1. The van der Waals surface area contributed by atoms with Crippen LogP contribution in [-0.4, -0.2) is 17.1 Å². The van der Waals surface area contributed by atoms with E-state index in [0.29, 0.717) is 11.6 Å². The van der Waals surface area contributed by atoms with Crippen LogP contribution in [0.3, 0.4) is 0 Å². The Morgan fingerprint density at radius 1 is 1.08 bits per heavy atom. The highest BCUT2D eigenvalue weighted by atomic mass is 32.1. The minimum atomic E-state index is -0.865. The lowest BCUT2D eigenvalue weighted by molar-refractivity contribution is 0.0696. The molecule has 3 nitrogen and oxygen atoms in total. The largest absolute Gasteiger partial charge is 0.478 e. The van der Waals surface area contributed by atoms with E-state index in [1.165, 1.54) is 47.9 Å². The molecule has 0 aliphatic heterocycles. The third-order valence-corrected chi connectivity index (χ3v) is 6.21. The summed E-state index contributed by atoms with van der Waals surface area (Å²) in [5.41, 5.74) is 2.66. The molecule has 1 aliphatic rings. The van der Waals surface area contributed by atoms with Crippen LogP contribution in [0.4, 0.5) is 5.69 Å². The zero-order chi connectivity index (χ0) is 17.9. The standard InChI is InChI=1S/C22H23NO2S/c24-22(25)18-6-4-5-16(13-18)15-23(19-7-2-1-3-8-19)20-9-10-21-17(14-20)11-12-26-21/h4-6,9-14,19H,1-3,7-8,15H2,(H,24,25). The smallest absolute Gasteiger partial charge is 0.335 e. The van der Waals surface area contributed by atoms with Gasteiger partial charge < -0.3 is 10.0 Å². The molecule has 2 aromatic carbocycles. The average Bonchev–Trinajstić information content (AvgIpc) is 3.15. The van der Waals surface area contributed by atoms with Crippen LogP contribution in [0.25, 0.3) is 10.1 Å². The second kappa shape index (κ2) is 7.50. The maximum atomic E-state index is 11.3. The topological polar surface area (TPSA) is 40.5 Å². The lowest BCUT2D eigenvalue weighted by atomic mass is 9.93. The van der Waals surface area contributed by atoms with E-state index >= 15 is 0 Å². The molecule has 1 heterocycles. The van der Waals surface area contributed by atoms with E-state index in [2.05, 4.69) is 34.5 Å². The predicted molar refractivity (Wildman–Crippen MR) is 108 cm³/mol. The van der Waals surface area contributed by atoms with Gasteiger partial charge in [0.25, 0.3) is 0 Å². The average molecular weight is 365 g/mol. The van der Waals surface area contributed by atoms with Gasteiger partial charge in [-0.05, 0) is 65.6 Å². The second-order valence-electron chi connectivity index (χ2n) is 7.07. The molecular formula is C22H23NO2S. The summed E-state index contributed by atoms with van der Waals surface area (Å²) in [5, 5.41) is 12.7. The molecule has 3 aromatic rings. The number of aromatic carboxylic acids is 1. The van der Waals surface area contributed by atoms with Crippen molar-refractivity contribution < 1.29 is 9.90 Å². The van der Waals surface area contributed by atoms with Gasteiger partial charge >= 0.3 is 5.97 Å². The lowest BCUT2D eigenvalue weighted by Crippen LogP contribution is -2.36. The molecule has 0 bridgehead atoms. The van der Waals surface area contributed by atoms with Crippen molar-refractivity contribution in [3.05, 3.63) is 65.0 Å². The lowest BCUT2D eigenvalue weighted by Gasteiger charge is -2.36. The number of carbonyl (C=O) groups is 1. The van der Waals surface area contributed by atoms with Crippen LogP contribution >= 0.6 is 11.3 Å². The van der Waals surface area contributed by atoms with E-state index in [-0.39, 0.29) is 0 Å². The highest BCUT2D eigenvalue weighted by Crippen LogP contribution is 2.32. The summed E-state index contributed by atoms with van der Waals surface area (Å²) in [5.74, 6) is -0.865.